The third-order valence-corrected chi connectivity index (χ3v) is 4.92. The van der Waals surface area contributed by atoms with E-state index in [-0.39, 0.29) is 0 Å². The number of aliphatic hydroxyl groups is 1. The number of nitrogens with zero attached hydrogens (tertiary/aromatic N) is 3. The molecule has 1 fully saturated rings. The molecule has 2 heterocycles. The minimum Gasteiger partial charge on any atom is -0.491 e. The highest BCUT2D eigenvalue weighted by molar-refractivity contribution is 5.33. The number of benzene rings is 1. The molecule has 24 heavy (non-hydrogen) atoms. The normalized spacial score (nSPS) is 17.8. The molecule has 130 valence electrons. The molecule has 0 saturated carbocycles. The summed E-state index contributed by atoms with van der Waals surface area (Å²) in [5, 5.41) is 10.8. The van der Waals surface area contributed by atoms with Crippen LogP contribution in [0.1, 0.15) is 29.7 Å². The fraction of sp³-hybridized carbons (Fsp3) is 0.526. The highest BCUT2D eigenvalue weighted by Crippen LogP contribution is 2.25. The first-order valence-electron chi connectivity index (χ1n) is 8.55. The van der Waals surface area contributed by atoms with Gasteiger partial charge in [-0.2, -0.15) is 0 Å². The molecule has 1 N–H and O–H groups in total. The predicted molar refractivity (Wildman–Crippen MR) is 94.1 cm³/mol. The van der Waals surface area contributed by atoms with E-state index in [0.29, 0.717) is 6.61 Å². The van der Waals surface area contributed by atoms with Gasteiger partial charge in [-0.1, -0.05) is 6.07 Å². The lowest BCUT2D eigenvalue weighted by molar-refractivity contribution is -0.0538. The number of ether oxygens (including phenoxy) is 1. The van der Waals surface area contributed by atoms with Crippen LogP contribution >= 0.6 is 0 Å². The monoisotopic (exact) mass is 329 g/mol. The number of imidazole rings is 1. The molecule has 1 saturated heterocycles. The third-order valence-electron chi connectivity index (χ3n) is 4.92. The van der Waals surface area contributed by atoms with Gasteiger partial charge in [-0.3, -0.25) is 4.90 Å². The fourth-order valence-corrected chi connectivity index (χ4v) is 3.07. The van der Waals surface area contributed by atoms with Crippen molar-refractivity contribution in [2.75, 3.05) is 19.7 Å². The summed E-state index contributed by atoms with van der Waals surface area (Å²) in [6.07, 6.45) is 5.33. The maximum Gasteiger partial charge on any atom is 0.119 e. The number of rotatable bonds is 5. The summed E-state index contributed by atoms with van der Waals surface area (Å²) in [7, 11) is 1.98. The molecular weight excluding hydrogens is 302 g/mol. The number of piperidine rings is 1. The van der Waals surface area contributed by atoms with Crippen molar-refractivity contribution in [3.8, 4) is 5.75 Å². The van der Waals surface area contributed by atoms with Gasteiger partial charge in [-0.25, -0.2) is 4.98 Å². The third kappa shape index (κ3) is 4.16. The smallest absolute Gasteiger partial charge is 0.119 e. The van der Waals surface area contributed by atoms with E-state index < -0.39 is 5.60 Å². The number of hydrogen-bond donors (Lipinski definition) is 1. The lowest BCUT2D eigenvalue weighted by Crippen LogP contribution is -2.47. The zero-order valence-electron chi connectivity index (χ0n) is 14.8. The van der Waals surface area contributed by atoms with Crippen LogP contribution in [0.5, 0.6) is 5.75 Å². The van der Waals surface area contributed by atoms with Crippen LogP contribution in [0.4, 0.5) is 0 Å². The van der Waals surface area contributed by atoms with Crippen molar-refractivity contribution in [2.45, 2.75) is 38.8 Å². The molecule has 0 unspecified atom stereocenters. The van der Waals surface area contributed by atoms with Gasteiger partial charge in [0, 0.05) is 32.9 Å². The summed E-state index contributed by atoms with van der Waals surface area (Å²) in [5.41, 5.74) is 2.81. The van der Waals surface area contributed by atoms with Crippen LogP contribution < -0.4 is 4.74 Å². The Kier molecular flexibility index (Phi) is 4.92. The van der Waals surface area contributed by atoms with Gasteiger partial charge in [0.1, 0.15) is 18.0 Å². The van der Waals surface area contributed by atoms with E-state index in [9.17, 15) is 5.11 Å². The first-order valence-corrected chi connectivity index (χ1v) is 8.55. The van der Waals surface area contributed by atoms with Crippen LogP contribution in [0.25, 0.3) is 0 Å². The first kappa shape index (κ1) is 17.0. The Bertz CT molecular complexity index is 688. The highest BCUT2D eigenvalue weighted by Gasteiger charge is 2.33. The average molecular weight is 329 g/mol. The Hall–Kier alpha value is -1.85. The van der Waals surface area contributed by atoms with Crippen LogP contribution in [0.2, 0.25) is 0 Å². The van der Waals surface area contributed by atoms with E-state index >= 15 is 0 Å². The van der Waals surface area contributed by atoms with E-state index in [0.717, 1.165) is 43.9 Å². The zero-order chi connectivity index (χ0) is 17.2. The van der Waals surface area contributed by atoms with Crippen LogP contribution in [0, 0.1) is 13.8 Å². The van der Waals surface area contributed by atoms with Crippen molar-refractivity contribution in [1.82, 2.24) is 14.5 Å². The van der Waals surface area contributed by atoms with E-state index in [1.807, 2.05) is 36.3 Å². The Morgan fingerprint density at radius 1 is 1.21 bits per heavy atom. The standard InChI is InChI=1S/C19H27N3O2/c1-15-4-5-18(10-16(15)2)24-13-19(23)6-8-22(9-7-19)12-17-11-21(3)14-20-17/h4-5,10-11,14,23H,6-9,12-13H2,1-3H3. The van der Waals surface area contributed by atoms with E-state index in [4.69, 9.17) is 4.74 Å². The molecule has 1 aromatic heterocycles. The molecule has 0 radical (unpaired) electrons. The average Bonchev–Trinajstić information content (AvgIpc) is 2.96. The van der Waals surface area contributed by atoms with E-state index in [2.05, 4.69) is 29.8 Å². The molecule has 0 amide bonds. The number of aryl methyl sites for hydroxylation is 3. The highest BCUT2D eigenvalue weighted by atomic mass is 16.5. The molecule has 1 aromatic carbocycles. The second-order valence-electron chi connectivity index (χ2n) is 7.07. The Labute approximate surface area is 143 Å². The molecule has 0 aliphatic carbocycles. The van der Waals surface area contributed by atoms with Gasteiger partial charge in [0.2, 0.25) is 0 Å². The quantitative estimate of drug-likeness (QED) is 0.915. The molecular formula is C19H27N3O2. The van der Waals surface area contributed by atoms with Gasteiger partial charge in [-0.05, 0) is 49.9 Å². The first-order chi connectivity index (χ1) is 11.4. The van der Waals surface area contributed by atoms with Crippen molar-refractivity contribution in [3.63, 3.8) is 0 Å². The molecule has 3 rings (SSSR count). The van der Waals surface area contributed by atoms with Gasteiger partial charge >= 0.3 is 0 Å². The van der Waals surface area contributed by atoms with Crippen molar-refractivity contribution < 1.29 is 9.84 Å². The second kappa shape index (κ2) is 6.95. The molecule has 0 bridgehead atoms. The van der Waals surface area contributed by atoms with E-state index in [1.54, 1.807) is 0 Å². The zero-order valence-corrected chi connectivity index (χ0v) is 14.8. The van der Waals surface area contributed by atoms with Gasteiger partial charge in [-0.15, -0.1) is 0 Å². The van der Waals surface area contributed by atoms with Crippen molar-refractivity contribution in [1.29, 1.82) is 0 Å². The summed E-state index contributed by atoms with van der Waals surface area (Å²) >= 11 is 0. The molecule has 0 spiro atoms. The summed E-state index contributed by atoms with van der Waals surface area (Å²) in [6, 6.07) is 6.07. The summed E-state index contributed by atoms with van der Waals surface area (Å²) in [6.45, 7) is 7.09. The van der Waals surface area contributed by atoms with Crippen LogP contribution in [-0.4, -0.2) is 44.9 Å². The van der Waals surface area contributed by atoms with Crippen LogP contribution in [-0.2, 0) is 13.6 Å². The lowest BCUT2D eigenvalue weighted by Gasteiger charge is -2.37. The van der Waals surface area contributed by atoms with Gasteiger partial charge in [0.15, 0.2) is 0 Å². The lowest BCUT2D eigenvalue weighted by atomic mass is 9.92. The maximum atomic E-state index is 10.8. The molecule has 1 aliphatic rings. The van der Waals surface area contributed by atoms with Crippen molar-refractivity contribution in [3.05, 3.63) is 47.5 Å². The molecule has 2 aromatic rings. The van der Waals surface area contributed by atoms with Crippen LogP contribution in [0.3, 0.4) is 0 Å². The minimum atomic E-state index is -0.737. The topological polar surface area (TPSA) is 50.5 Å². The van der Waals surface area contributed by atoms with Crippen molar-refractivity contribution in [2.24, 2.45) is 7.05 Å². The van der Waals surface area contributed by atoms with Gasteiger partial charge < -0.3 is 14.4 Å². The summed E-state index contributed by atoms with van der Waals surface area (Å²) in [4.78, 5) is 6.71. The van der Waals surface area contributed by atoms with Crippen molar-refractivity contribution >= 4 is 0 Å². The fourth-order valence-electron chi connectivity index (χ4n) is 3.07. The molecule has 1 aliphatic heterocycles. The Balaban J connectivity index is 1.49. The number of likely N-dealkylation sites (tertiary alicyclic amines) is 1. The van der Waals surface area contributed by atoms with E-state index in [1.165, 1.54) is 11.1 Å². The SMILES string of the molecule is Cc1ccc(OCC2(O)CCN(Cc3cn(C)cn3)CC2)cc1C. The maximum absolute atomic E-state index is 10.8. The largest absolute Gasteiger partial charge is 0.491 e. The van der Waals surface area contributed by atoms with Crippen LogP contribution in [0.15, 0.2) is 30.7 Å². The molecule has 5 nitrogen and oxygen atoms in total. The Morgan fingerprint density at radius 2 is 1.96 bits per heavy atom. The predicted octanol–water partition coefficient (Wildman–Crippen LogP) is 2.44. The van der Waals surface area contributed by atoms with Gasteiger partial charge in [0.25, 0.3) is 0 Å². The summed E-state index contributed by atoms with van der Waals surface area (Å²) < 4.78 is 7.82. The number of hydrogen-bond acceptors (Lipinski definition) is 4. The number of aromatic nitrogens is 2. The van der Waals surface area contributed by atoms with Gasteiger partial charge in [0.05, 0.1) is 12.0 Å². The second-order valence-corrected chi connectivity index (χ2v) is 7.07. The minimum absolute atomic E-state index is 0.354. The Morgan fingerprint density at radius 3 is 2.58 bits per heavy atom. The molecule has 5 heteroatoms. The molecule has 0 atom stereocenters. The summed E-state index contributed by atoms with van der Waals surface area (Å²) in [5.74, 6) is 0.836.